The molecule has 7 nitrogen and oxygen atoms in total. The summed E-state index contributed by atoms with van der Waals surface area (Å²) in [5.74, 6) is -2.70. The average Bonchev–Trinajstić information content (AvgIpc) is 2.26. The van der Waals surface area contributed by atoms with Crippen molar-refractivity contribution in [3.8, 4) is 0 Å². The van der Waals surface area contributed by atoms with Crippen LogP contribution in [-0.2, 0) is 9.59 Å². The number of carbonyl (C=O) groups is 3. The number of primary amides is 1. The van der Waals surface area contributed by atoms with E-state index in [1.165, 1.54) is 18.3 Å². The van der Waals surface area contributed by atoms with E-state index >= 15 is 0 Å². The Morgan fingerprint density at radius 1 is 1.39 bits per heavy atom. The van der Waals surface area contributed by atoms with Gasteiger partial charge in [-0.05, 0) is 12.1 Å². The molecule has 0 radical (unpaired) electrons. The third-order valence-electron chi connectivity index (χ3n) is 1.93. The van der Waals surface area contributed by atoms with Gasteiger partial charge in [-0.25, -0.2) is 4.98 Å². The lowest BCUT2D eigenvalue weighted by Crippen LogP contribution is -2.41. The van der Waals surface area contributed by atoms with Gasteiger partial charge in [-0.15, -0.1) is 0 Å². The summed E-state index contributed by atoms with van der Waals surface area (Å²) in [5, 5.41) is 8.76. The molecule has 0 aliphatic heterocycles. The second kappa shape index (κ2) is 5.97. The number of halogens is 1. The van der Waals surface area contributed by atoms with Crippen molar-refractivity contribution in [2.45, 2.75) is 0 Å². The number of aromatic nitrogens is 1. The number of hydrogen-bond acceptors (Lipinski definition) is 4. The molecule has 1 rings (SSSR count). The lowest BCUT2D eigenvalue weighted by molar-refractivity contribution is -0.138. The van der Waals surface area contributed by atoms with E-state index in [2.05, 4.69) is 4.98 Å². The van der Waals surface area contributed by atoms with Gasteiger partial charge in [0.1, 0.15) is 18.2 Å². The van der Waals surface area contributed by atoms with Crippen LogP contribution in [0.2, 0.25) is 5.15 Å². The van der Waals surface area contributed by atoms with Gasteiger partial charge in [0.15, 0.2) is 0 Å². The van der Waals surface area contributed by atoms with Crippen LogP contribution in [0.4, 0.5) is 0 Å². The molecule has 0 aliphatic carbocycles. The highest BCUT2D eigenvalue weighted by atomic mass is 35.5. The summed E-state index contributed by atoms with van der Waals surface area (Å²) >= 11 is 5.62. The third-order valence-corrected chi connectivity index (χ3v) is 2.14. The number of nitrogens with zero attached hydrogens (tertiary/aromatic N) is 2. The summed E-state index contributed by atoms with van der Waals surface area (Å²) in [7, 11) is 0. The molecule has 0 aliphatic rings. The molecule has 0 spiro atoms. The van der Waals surface area contributed by atoms with Crippen LogP contribution >= 0.6 is 11.6 Å². The fraction of sp³-hybridized carbons (Fsp3) is 0.200. The lowest BCUT2D eigenvalue weighted by Gasteiger charge is -2.18. The number of hydrogen-bond donors (Lipinski definition) is 2. The maximum atomic E-state index is 11.9. The first kappa shape index (κ1) is 13.9. The fourth-order valence-electron chi connectivity index (χ4n) is 1.27. The van der Waals surface area contributed by atoms with Gasteiger partial charge in [0.25, 0.3) is 5.91 Å². The first-order valence-electron chi connectivity index (χ1n) is 4.81. The molecule has 8 heteroatoms. The van der Waals surface area contributed by atoms with Gasteiger partial charge in [-0.3, -0.25) is 14.4 Å². The highest BCUT2D eigenvalue weighted by molar-refractivity contribution is 6.29. The summed E-state index contributed by atoms with van der Waals surface area (Å²) in [6, 6.07) is 2.64. The minimum atomic E-state index is -1.25. The molecular weight excluding hydrogens is 262 g/mol. The molecule has 96 valence electrons. The molecule has 0 bridgehead atoms. The smallest absolute Gasteiger partial charge is 0.323 e. The van der Waals surface area contributed by atoms with Gasteiger partial charge in [0.05, 0.1) is 0 Å². The molecule has 0 aromatic carbocycles. The van der Waals surface area contributed by atoms with Crippen LogP contribution in [0.15, 0.2) is 18.3 Å². The van der Waals surface area contributed by atoms with Gasteiger partial charge in [0.2, 0.25) is 5.91 Å². The Balaban J connectivity index is 2.94. The lowest BCUT2D eigenvalue weighted by atomic mass is 10.2. The summed E-state index contributed by atoms with van der Waals surface area (Å²) in [5.41, 5.74) is 5.09. The van der Waals surface area contributed by atoms with Crippen molar-refractivity contribution in [1.82, 2.24) is 9.88 Å². The van der Waals surface area contributed by atoms with Crippen LogP contribution in [0.5, 0.6) is 0 Å². The van der Waals surface area contributed by atoms with E-state index in [0.717, 1.165) is 4.90 Å². The second-order valence-electron chi connectivity index (χ2n) is 3.39. The van der Waals surface area contributed by atoms with E-state index in [4.69, 9.17) is 22.4 Å². The monoisotopic (exact) mass is 271 g/mol. The first-order chi connectivity index (χ1) is 8.40. The quantitative estimate of drug-likeness (QED) is 0.717. The molecule has 3 N–H and O–H groups in total. The van der Waals surface area contributed by atoms with Gasteiger partial charge in [-0.1, -0.05) is 11.6 Å². The Kier molecular flexibility index (Phi) is 4.61. The number of carboxylic acid groups (broad SMARTS) is 1. The molecule has 1 aromatic heterocycles. The molecule has 0 saturated carbocycles. The first-order valence-corrected chi connectivity index (χ1v) is 5.19. The van der Waals surface area contributed by atoms with E-state index in [9.17, 15) is 14.4 Å². The topological polar surface area (TPSA) is 114 Å². The number of nitrogens with two attached hydrogens (primary N) is 1. The van der Waals surface area contributed by atoms with Gasteiger partial charge in [0, 0.05) is 11.8 Å². The van der Waals surface area contributed by atoms with Crippen LogP contribution in [0, 0.1) is 0 Å². The number of rotatable bonds is 5. The van der Waals surface area contributed by atoms with Crippen molar-refractivity contribution in [1.29, 1.82) is 0 Å². The molecule has 0 unspecified atom stereocenters. The van der Waals surface area contributed by atoms with Crippen molar-refractivity contribution in [3.05, 3.63) is 29.0 Å². The van der Waals surface area contributed by atoms with E-state index in [-0.39, 0.29) is 10.7 Å². The average molecular weight is 272 g/mol. The molecule has 1 aromatic rings. The normalized spacial score (nSPS) is 9.83. The van der Waals surface area contributed by atoms with E-state index in [1.54, 1.807) is 0 Å². The Bertz CT molecular complexity index is 476. The Hall–Kier alpha value is -2.15. The van der Waals surface area contributed by atoms with Crippen molar-refractivity contribution >= 4 is 29.4 Å². The highest BCUT2D eigenvalue weighted by Crippen LogP contribution is 2.09. The van der Waals surface area contributed by atoms with Crippen molar-refractivity contribution in [2.75, 3.05) is 13.1 Å². The Morgan fingerprint density at radius 3 is 2.56 bits per heavy atom. The van der Waals surface area contributed by atoms with E-state index in [1.807, 2.05) is 0 Å². The third kappa shape index (κ3) is 4.02. The zero-order valence-electron chi connectivity index (χ0n) is 9.17. The number of pyridine rings is 1. The maximum Gasteiger partial charge on any atom is 0.323 e. The number of aliphatic carboxylic acids is 1. The molecule has 0 atom stereocenters. The molecule has 18 heavy (non-hydrogen) atoms. The minimum absolute atomic E-state index is 0.0928. The molecule has 2 amide bonds. The summed E-state index contributed by atoms with van der Waals surface area (Å²) in [4.78, 5) is 37.8. The van der Waals surface area contributed by atoms with E-state index in [0.29, 0.717) is 0 Å². The predicted molar refractivity (Wildman–Crippen MR) is 62.0 cm³/mol. The van der Waals surface area contributed by atoms with Crippen LogP contribution in [0.3, 0.4) is 0 Å². The largest absolute Gasteiger partial charge is 0.480 e. The predicted octanol–water partition coefficient (Wildman–Crippen LogP) is -0.253. The summed E-state index contributed by atoms with van der Waals surface area (Å²) in [6.45, 7) is -1.10. The van der Waals surface area contributed by atoms with Crippen LogP contribution in [0.25, 0.3) is 0 Å². The number of carboxylic acids is 1. The molecule has 0 fully saturated rings. The SMILES string of the molecule is NC(=O)CN(CC(=O)O)C(=O)c1ccnc(Cl)c1. The van der Waals surface area contributed by atoms with Crippen LogP contribution in [-0.4, -0.2) is 45.9 Å². The van der Waals surface area contributed by atoms with Crippen molar-refractivity contribution in [3.63, 3.8) is 0 Å². The number of carbonyl (C=O) groups excluding carboxylic acids is 2. The standard InChI is InChI=1S/C10H10ClN3O4/c11-7-3-6(1-2-13-7)10(18)14(4-8(12)15)5-9(16)17/h1-3H,4-5H2,(H2,12,15)(H,16,17). The van der Waals surface area contributed by atoms with Gasteiger partial charge < -0.3 is 15.7 Å². The Morgan fingerprint density at radius 2 is 2.06 bits per heavy atom. The van der Waals surface area contributed by atoms with Gasteiger partial charge >= 0.3 is 5.97 Å². The zero-order valence-corrected chi connectivity index (χ0v) is 9.92. The molecule has 0 saturated heterocycles. The van der Waals surface area contributed by atoms with Crippen molar-refractivity contribution in [2.24, 2.45) is 5.73 Å². The van der Waals surface area contributed by atoms with Crippen LogP contribution in [0.1, 0.15) is 10.4 Å². The highest BCUT2D eigenvalue weighted by Gasteiger charge is 2.20. The Labute approximate surface area is 107 Å². The summed E-state index contributed by atoms with van der Waals surface area (Å²) in [6.07, 6.45) is 1.30. The molecular formula is C10H10ClN3O4. The second-order valence-corrected chi connectivity index (χ2v) is 3.78. The van der Waals surface area contributed by atoms with Crippen LogP contribution < -0.4 is 5.73 Å². The fourth-order valence-corrected chi connectivity index (χ4v) is 1.44. The minimum Gasteiger partial charge on any atom is -0.480 e. The van der Waals surface area contributed by atoms with E-state index < -0.39 is 30.9 Å². The number of amides is 2. The van der Waals surface area contributed by atoms with Crippen molar-refractivity contribution < 1.29 is 19.5 Å². The summed E-state index contributed by atoms with van der Waals surface area (Å²) < 4.78 is 0. The molecule has 1 heterocycles. The zero-order chi connectivity index (χ0) is 13.7. The maximum absolute atomic E-state index is 11.9. The van der Waals surface area contributed by atoms with Gasteiger partial charge in [-0.2, -0.15) is 0 Å².